The molecule has 11 heavy (non-hydrogen) atoms. The first-order chi connectivity index (χ1) is 4.90. The molecule has 0 radical (unpaired) electrons. The second-order valence-electron chi connectivity index (χ2n) is 4.24. The number of rotatable bonds is 1. The summed E-state index contributed by atoms with van der Waals surface area (Å²) in [6, 6.07) is 0. The van der Waals surface area contributed by atoms with Crippen molar-refractivity contribution in [1.29, 1.82) is 0 Å². The smallest absolute Gasteiger partial charge is 0.0698 e. The quantitative estimate of drug-likeness (QED) is 0.604. The van der Waals surface area contributed by atoms with Crippen LogP contribution in [0.3, 0.4) is 0 Å². The van der Waals surface area contributed by atoms with Gasteiger partial charge in [-0.15, -0.1) is 0 Å². The summed E-state index contributed by atoms with van der Waals surface area (Å²) in [4.78, 5) is 0. The van der Waals surface area contributed by atoms with Crippen LogP contribution in [0.4, 0.5) is 0 Å². The predicted molar refractivity (Wildman–Crippen MR) is 44.3 cm³/mol. The molecule has 0 saturated heterocycles. The van der Waals surface area contributed by atoms with Gasteiger partial charge >= 0.3 is 0 Å². The largest absolute Gasteiger partial charge is 0.390 e. The number of aliphatic hydroxyl groups is 2. The van der Waals surface area contributed by atoms with Crippen LogP contribution in [0.15, 0.2) is 0 Å². The zero-order chi connectivity index (χ0) is 8.70. The van der Waals surface area contributed by atoms with Crippen LogP contribution in [-0.4, -0.2) is 21.4 Å². The van der Waals surface area contributed by atoms with Crippen LogP contribution in [0.5, 0.6) is 0 Å². The van der Waals surface area contributed by atoms with Gasteiger partial charge in [0.05, 0.1) is 11.2 Å². The van der Waals surface area contributed by atoms with Crippen LogP contribution in [0, 0.1) is 5.92 Å². The van der Waals surface area contributed by atoms with E-state index in [9.17, 15) is 10.2 Å². The van der Waals surface area contributed by atoms with Crippen LogP contribution in [0.2, 0.25) is 0 Å². The summed E-state index contributed by atoms with van der Waals surface area (Å²) in [7, 11) is 0. The summed E-state index contributed by atoms with van der Waals surface area (Å²) in [6.45, 7) is 5.78. The molecule has 0 bridgehead atoms. The van der Waals surface area contributed by atoms with Gasteiger partial charge in [0.1, 0.15) is 0 Å². The maximum Gasteiger partial charge on any atom is 0.0698 e. The minimum absolute atomic E-state index is 0.225. The first-order valence-corrected chi connectivity index (χ1v) is 4.34. The summed E-state index contributed by atoms with van der Waals surface area (Å²) >= 11 is 0. The van der Waals surface area contributed by atoms with Crippen molar-refractivity contribution in [3.8, 4) is 0 Å². The lowest BCUT2D eigenvalue weighted by Gasteiger charge is -2.26. The molecule has 2 heteroatoms. The predicted octanol–water partition coefficient (Wildman–Crippen LogP) is 1.31. The third kappa shape index (κ3) is 1.57. The Bertz CT molecular complexity index is 154. The highest BCUT2D eigenvalue weighted by Gasteiger charge is 2.47. The summed E-state index contributed by atoms with van der Waals surface area (Å²) in [6.07, 6.45) is 1.99. The topological polar surface area (TPSA) is 40.5 Å². The number of hydrogen-bond acceptors (Lipinski definition) is 2. The lowest BCUT2D eigenvalue weighted by molar-refractivity contribution is -0.0163. The first-order valence-electron chi connectivity index (χ1n) is 4.34. The Morgan fingerprint density at radius 2 is 2.00 bits per heavy atom. The molecule has 0 amide bonds. The highest BCUT2D eigenvalue weighted by Crippen LogP contribution is 2.43. The van der Waals surface area contributed by atoms with Crippen molar-refractivity contribution < 1.29 is 10.2 Å². The summed E-state index contributed by atoms with van der Waals surface area (Å²) in [5.41, 5.74) is -1.27. The van der Waals surface area contributed by atoms with Crippen molar-refractivity contribution >= 4 is 0 Å². The molecule has 0 aromatic carbocycles. The van der Waals surface area contributed by atoms with Crippen LogP contribution in [0.1, 0.15) is 40.0 Å². The van der Waals surface area contributed by atoms with E-state index < -0.39 is 11.2 Å². The maximum atomic E-state index is 9.94. The van der Waals surface area contributed by atoms with E-state index in [0.717, 1.165) is 12.8 Å². The molecule has 0 heterocycles. The molecule has 1 saturated carbocycles. The van der Waals surface area contributed by atoms with Crippen LogP contribution in [-0.2, 0) is 0 Å². The Kier molecular flexibility index (Phi) is 2.01. The first kappa shape index (κ1) is 9.01. The van der Waals surface area contributed by atoms with Crippen molar-refractivity contribution in [2.75, 3.05) is 0 Å². The molecule has 2 N–H and O–H groups in total. The monoisotopic (exact) mass is 158 g/mol. The van der Waals surface area contributed by atoms with E-state index in [0.29, 0.717) is 6.42 Å². The molecule has 1 aliphatic rings. The van der Waals surface area contributed by atoms with Gasteiger partial charge in [0.15, 0.2) is 0 Å². The fourth-order valence-corrected chi connectivity index (χ4v) is 2.23. The molecule has 0 aromatic heterocycles. The Balaban J connectivity index is 2.73. The number of hydrogen-bond donors (Lipinski definition) is 2. The molecular weight excluding hydrogens is 140 g/mol. The molecule has 0 aliphatic heterocycles. The highest BCUT2D eigenvalue weighted by molar-refractivity contribution is 4.99. The summed E-state index contributed by atoms with van der Waals surface area (Å²) < 4.78 is 0. The van der Waals surface area contributed by atoms with E-state index in [2.05, 4.69) is 0 Å². The molecule has 0 unspecified atom stereocenters. The van der Waals surface area contributed by atoms with Crippen LogP contribution >= 0.6 is 0 Å². The van der Waals surface area contributed by atoms with Crippen molar-refractivity contribution in [2.45, 2.75) is 51.2 Å². The molecule has 66 valence electrons. The third-order valence-corrected chi connectivity index (χ3v) is 2.96. The Morgan fingerprint density at radius 3 is 2.18 bits per heavy atom. The molecular formula is C9H18O2. The van der Waals surface area contributed by atoms with E-state index >= 15 is 0 Å². The zero-order valence-electron chi connectivity index (χ0n) is 7.59. The van der Waals surface area contributed by atoms with Crippen molar-refractivity contribution in [3.05, 3.63) is 0 Å². The van der Waals surface area contributed by atoms with E-state index in [1.807, 2.05) is 13.8 Å². The van der Waals surface area contributed by atoms with Gasteiger partial charge < -0.3 is 10.2 Å². The molecule has 0 aromatic rings. The van der Waals surface area contributed by atoms with Crippen LogP contribution in [0.25, 0.3) is 0 Å². The molecule has 3 atom stereocenters. The highest BCUT2D eigenvalue weighted by atomic mass is 16.3. The van der Waals surface area contributed by atoms with Crippen molar-refractivity contribution in [2.24, 2.45) is 5.92 Å². The fourth-order valence-electron chi connectivity index (χ4n) is 2.23. The van der Waals surface area contributed by atoms with Crippen LogP contribution < -0.4 is 0 Å². The van der Waals surface area contributed by atoms with Gasteiger partial charge in [-0.1, -0.05) is 13.8 Å². The SMILES string of the molecule is CC[C@@]1(O)C[C@](C)(O)C[C@H]1C. The van der Waals surface area contributed by atoms with E-state index in [1.165, 1.54) is 0 Å². The Labute approximate surface area is 68.2 Å². The van der Waals surface area contributed by atoms with Gasteiger partial charge in [0, 0.05) is 6.42 Å². The minimum atomic E-state index is -0.649. The molecule has 2 nitrogen and oxygen atoms in total. The van der Waals surface area contributed by atoms with Gasteiger partial charge in [0.25, 0.3) is 0 Å². The molecule has 1 fully saturated rings. The molecule has 1 aliphatic carbocycles. The summed E-state index contributed by atoms with van der Waals surface area (Å²) in [5.74, 6) is 0.225. The van der Waals surface area contributed by atoms with Crippen molar-refractivity contribution in [1.82, 2.24) is 0 Å². The Hall–Kier alpha value is -0.0800. The van der Waals surface area contributed by atoms with Gasteiger partial charge in [0.2, 0.25) is 0 Å². The van der Waals surface area contributed by atoms with E-state index in [-0.39, 0.29) is 5.92 Å². The third-order valence-electron chi connectivity index (χ3n) is 2.96. The van der Waals surface area contributed by atoms with Gasteiger partial charge in [-0.2, -0.15) is 0 Å². The minimum Gasteiger partial charge on any atom is -0.390 e. The average molecular weight is 158 g/mol. The zero-order valence-corrected chi connectivity index (χ0v) is 7.59. The van der Waals surface area contributed by atoms with Gasteiger partial charge in [-0.25, -0.2) is 0 Å². The second-order valence-corrected chi connectivity index (χ2v) is 4.24. The second kappa shape index (κ2) is 2.46. The van der Waals surface area contributed by atoms with Gasteiger partial charge in [-0.05, 0) is 25.7 Å². The Morgan fingerprint density at radius 1 is 1.45 bits per heavy atom. The maximum absolute atomic E-state index is 9.94. The molecule has 0 spiro atoms. The van der Waals surface area contributed by atoms with E-state index in [4.69, 9.17) is 0 Å². The lowest BCUT2D eigenvalue weighted by atomic mass is 9.90. The average Bonchev–Trinajstić information content (AvgIpc) is 2.03. The van der Waals surface area contributed by atoms with Crippen molar-refractivity contribution in [3.63, 3.8) is 0 Å². The normalized spacial score (nSPS) is 51.5. The molecule has 1 rings (SSSR count). The summed E-state index contributed by atoms with van der Waals surface area (Å²) in [5, 5.41) is 19.6. The van der Waals surface area contributed by atoms with E-state index in [1.54, 1.807) is 6.92 Å². The lowest BCUT2D eigenvalue weighted by Crippen LogP contribution is -2.32. The van der Waals surface area contributed by atoms with Gasteiger partial charge in [-0.3, -0.25) is 0 Å². The standard InChI is InChI=1S/C9H18O2/c1-4-9(11)6-8(3,10)5-7(9)2/h7,10-11H,4-6H2,1-3H3/t7-,8-,9-/m1/s1. The fraction of sp³-hybridized carbons (Fsp3) is 1.00.